The molecule has 1 fully saturated rings. The largest absolute Gasteiger partial charge is 0.409 e. The number of carbonyl (C=O) groups excluding carboxylic acids is 1. The van der Waals surface area contributed by atoms with Gasteiger partial charge in [0.1, 0.15) is 0 Å². The first-order valence-corrected chi connectivity index (χ1v) is 7.75. The second-order valence-corrected chi connectivity index (χ2v) is 6.86. The Balaban J connectivity index is 2.26. The lowest BCUT2D eigenvalue weighted by molar-refractivity contribution is -0.203. The van der Waals surface area contributed by atoms with Crippen LogP contribution in [0.25, 0.3) is 10.8 Å². The fourth-order valence-corrected chi connectivity index (χ4v) is 3.42. The van der Waals surface area contributed by atoms with Crippen molar-refractivity contribution in [2.24, 2.45) is 0 Å². The smallest absolute Gasteiger partial charge is 0.287 e. The molecular formula is C18H19F3N2O. The summed E-state index contributed by atoms with van der Waals surface area (Å²) in [5.41, 5.74) is 2.23. The van der Waals surface area contributed by atoms with E-state index in [9.17, 15) is 18.0 Å². The van der Waals surface area contributed by atoms with Crippen molar-refractivity contribution in [3.63, 3.8) is 0 Å². The first kappa shape index (κ1) is 16.8. The predicted octanol–water partition coefficient (Wildman–Crippen LogP) is 4.27. The molecule has 0 spiro atoms. The number of nitrogens with zero attached hydrogens (tertiary/aromatic N) is 1. The molecule has 3 rings (SSSR count). The van der Waals surface area contributed by atoms with Crippen LogP contribution >= 0.6 is 0 Å². The summed E-state index contributed by atoms with van der Waals surface area (Å²) in [7, 11) is 0. The van der Waals surface area contributed by atoms with E-state index in [-0.39, 0.29) is 12.0 Å². The fourth-order valence-electron chi connectivity index (χ4n) is 3.42. The number of benzene rings is 2. The maximum atomic E-state index is 14.0. The molecule has 1 N–H and O–H groups in total. The van der Waals surface area contributed by atoms with Crippen LogP contribution in [0, 0.1) is 6.92 Å². The third-order valence-corrected chi connectivity index (χ3v) is 4.52. The Hall–Kier alpha value is -2.08. The zero-order chi connectivity index (χ0) is 17.7. The first-order chi connectivity index (χ1) is 11.1. The topological polar surface area (TPSA) is 32.3 Å². The van der Waals surface area contributed by atoms with Crippen molar-refractivity contribution < 1.29 is 18.0 Å². The Morgan fingerprint density at radius 3 is 2.42 bits per heavy atom. The first-order valence-electron chi connectivity index (χ1n) is 7.75. The van der Waals surface area contributed by atoms with Crippen LogP contribution in [0.5, 0.6) is 0 Å². The van der Waals surface area contributed by atoms with Crippen LogP contribution in [0.2, 0.25) is 0 Å². The van der Waals surface area contributed by atoms with Crippen molar-refractivity contribution in [2.75, 3.05) is 0 Å². The molecule has 1 amide bonds. The van der Waals surface area contributed by atoms with Crippen LogP contribution in [0.1, 0.15) is 37.4 Å². The summed E-state index contributed by atoms with van der Waals surface area (Å²) in [5.74, 6) is -0.396. The van der Waals surface area contributed by atoms with Gasteiger partial charge in [-0.2, -0.15) is 18.2 Å². The molecule has 1 heterocycles. The van der Waals surface area contributed by atoms with Gasteiger partial charge < -0.3 is 0 Å². The molecule has 24 heavy (non-hydrogen) atoms. The molecule has 2 aromatic carbocycles. The summed E-state index contributed by atoms with van der Waals surface area (Å²) < 4.78 is 42.1. The molecule has 0 aliphatic carbocycles. The van der Waals surface area contributed by atoms with Crippen molar-refractivity contribution in [3.8, 4) is 0 Å². The molecule has 0 aromatic heterocycles. The lowest BCUT2D eigenvalue weighted by Crippen LogP contribution is -2.51. The molecule has 0 saturated carbocycles. The summed E-state index contributed by atoms with van der Waals surface area (Å²) in [5, 5.41) is 2.36. The molecule has 1 aliphatic rings. The van der Waals surface area contributed by atoms with Gasteiger partial charge >= 0.3 is 6.18 Å². The number of hydrogen-bond acceptors (Lipinski definition) is 2. The van der Waals surface area contributed by atoms with Crippen molar-refractivity contribution in [3.05, 3.63) is 47.5 Å². The fraction of sp³-hybridized carbons (Fsp3) is 0.389. The third kappa shape index (κ3) is 2.75. The van der Waals surface area contributed by atoms with E-state index >= 15 is 0 Å². The van der Waals surface area contributed by atoms with Gasteiger partial charge in [0.2, 0.25) is 5.91 Å². The van der Waals surface area contributed by atoms with E-state index in [0.717, 1.165) is 10.4 Å². The molecule has 6 heteroatoms. The van der Waals surface area contributed by atoms with Crippen molar-refractivity contribution in [1.29, 1.82) is 0 Å². The lowest BCUT2D eigenvalue weighted by Gasteiger charge is -2.39. The van der Waals surface area contributed by atoms with Crippen LogP contribution in [-0.2, 0) is 4.79 Å². The van der Waals surface area contributed by atoms with Gasteiger partial charge in [0.05, 0.1) is 0 Å². The van der Waals surface area contributed by atoms with Crippen LogP contribution in [-0.4, -0.2) is 22.6 Å². The van der Waals surface area contributed by atoms with Crippen LogP contribution in [0.15, 0.2) is 36.4 Å². The third-order valence-electron chi connectivity index (χ3n) is 4.52. The lowest BCUT2D eigenvalue weighted by atomic mass is 9.91. The second kappa shape index (κ2) is 5.48. The summed E-state index contributed by atoms with van der Waals surface area (Å²) in [6.45, 7) is 4.96. The second-order valence-electron chi connectivity index (χ2n) is 6.86. The van der Waals surface area contributed by atoms with E-state index in [1.165, 1.54) is 0 Å². The molecular weight excluding hydrogens is 317 g/mol. The molecule has 1 saturated heterocycles. The Kier molecular flexibility index (Phi) is 3.83. The molecule has 128 valence electrons. The van der Waals surface area contributed by atoms with E-state index in [1.54, 1.807) is 51.1 Å². The monoisotopic (exact) mass is 336 g/mol. The molecule has 0 radical (unpaired) electrons. The summed E-state index contributed by atoms with van der Waals surface area (Å²) in [4.78, 5) is 11.8. The van der Waals surface area contributed by atoms with E-state index in [0.29, 0.717) is 10.9 Å². The van der Waals surface area contributed by atoms with E-state index in [1.807, 2.05) is 6.07 Å². The van der Waals surface area contributed by atoms with Gasteiger partial charge in [0.25, 0.3) is 0 Å². The maximum Gasteiger partial charge on any atom is 0.409 e. The highest BCUT2D eigenvalue weighted by Crippen LogP contribution is 2.45. The number of aryl methyl sites for hydroxylation is 1. The molecule has 3 nitrogen and oxygen atoms in total. The molecule has 1 unspecified atom stereocenters. The quantitative estimate of drug-likeness (QED) is 0.888. The van der Waals surface area contributed by atoms with Gasteiger partial charge in [-0.25, -0.2) is 0 Å². The number of nitrogens with one attached hydrogen (secondary N) is 1. The summed E-state index contributed by atoms with van der Waals surface area (Å²) in [6.07, 6.45) is -4.49. The zero-order valence-corrected chi connectivity index (χ0v) is 13.7. The van der Waals surface area contributed by atoms with Crippen LogP contribution in [0.3, 0.4) is 0 Å². The van der Waals surface area contributed by atoms with Gasteiger partial charge in [0.15, 0.2) is 6.04 Å². The number of amides is 1. The van der Waals surface area contributed by atoms with Gasteiger partial charge in [-0.1, -0.05) is 36.4 Å². The Morgan fingerprint density at radius 1 is 1.17 bits per heavy atom. The van der Waals surface area contributed by atoms with Gasteiger partial charge in [-0.15, -0.1) is 0 Å². The van der Waals surface area contributed by atoms with Crippen molar-refractivity contribution >= 4 is 16.7 Å². The van der Waals surface area contributed by atoms with Crippen molar-refractivity contribution in [1.82, 2.24) is 10.4 Å². The molecule has 1 aliphatic heterocycles. The number of carbonyl (C=O) groups is 1. The minimum atomic E-state index is -4.52. The Bertz CT molecular complexity index is 798. The predicted molar refractivity (Wildman–Crippen MR) is 86.2 cm³/mol. The highest BCUT2D eigenvalue weighted by Gasteiger charge is 2.53. The van der Waals surface area contributed by atoms with E-state index in [2.05, 4.69) is 5.43 Å². The number of halogens is 3. The van der Waals surface area contributed by atoms with Gasteiger partial charge in [-0.05, 0) is 42.7 Å². The summed E-state index contributed by atoms with van der Waals surface area (Å²) in [6, 6.07) is 8.63. The summed E-state index contributed by atoms with van der Waals surface area (Å²) >= 11 is 0. The van der Waals surface area contributed by atoms with Gasteiger partial charge in [-0.3, -0.25) is 10.2 Å². The number of alkyl halides is 3. The SMILES string of the molecule is Cc1ccc2ccccc2c1C(N1NC(=O)CC1(C)C)C(F)(F)F. The number of fused-ring (bicyclic) bond motifs is 1. The van der Waals surface area contributed by atoms with Crippen LogP contribution in [0.4, 0.5) is 13.2 Å². The average Bonchev–Trinajstić information content (AvgIpc) is 2.73. The molecule has 1 atom stereocenters. The number of hydrogen-bond donors (Lipinski definition) is 1. The minimum absolute atomic E-state index is 0.0311. The number of hydrazine groups is 1. The molecule has 2 aromatic rings. The van der Waals surface area contributed by atoms with Crippen LogP contribution < -0.4 is 5.43 Å². The Labute approximate surface area is 138 Å². The highest BCUT2D eigenvalue weighted by molar-refractivity contribution is 5.87. The average molecular weight is 336 g/mol. The van der Waals surface area contributed by atoms with Crippen molar-refractivity contribution in [2.45, 2.75) is 44.9 Å². The normalized spacial score (nSPS) is 19.5. The zero-order valence-electron chi connectivity index (χ0n) is 13.7. The minimum Gasteiger partial charge on any atom is -0.287 e. The standard InChI is InChI=1S/C18H19F3N2O/c1-11-8-9-12-6-4-5-7-13(12)15(11)16(18(19,20)21)23-17(2,3)10-14(24)22-23/h4-9,16H,10H2,1-3H3,(H,22,24). The van der Waals surface area contributed by atoms with E-state index in [4.69, 9.17) is 0 Å². The Morgan fingerprint density at radius 2 is 1.83 bits per heavy atom. The van der Waals surface area contributed by atoms with E-state index < -0.39 is 23.7 Å². The number of rotatable bonds is 2. The highest BCUT2D eigenvalue weighted by atomic mass is 19.4. The maximum absolute atomic E-state index is 14.0. The van der Waals surface area contributed by atoms with Gasteiger partial charge in [0, 0.05) is 12.0 Å². The molecule has 0 bridgehead atoms.